The molecular weight excluding hydrogens is 569 g/mol. The van der Waals surface area contributed by atoms with Crippen LogP contribution in [-0.2, 0) is 0 Å². The van der Waals surface area contributed by atoms with E-state index in [1.165, 1.54) is 65.5 Å². The first-order chi connectivity index (χ1) is 23.3. The average Bonchev–Trinajstić information content (AvgIpc) is 3.53. The lowest BCUT2D eigenvalue weighted by molar-refractivity contribution is 0.673. The Morgan fingerprint density at radius 2 is 0.851 bits per heavy atom. The Bertz CT molecular complexity index is 2780. The summed E-state index contributed by atoms with van der Waals surface area (Å²) in [6.07, 6.45) is 0. The van der Waals surface area contributed by atoms with Crippen molar-refractivity contribution >= 4 is 65.0 Å². The molecule has 47 heavy (non-hydrogen) atoms. The van der Waals surface area contributed by atoms with Crippen molar-refractivity contribution in [1.29, 1.82) is 0 Å². The summed E-state index contributed by atoms with van der Waals surface area (Å²) < 4.78 is 6.86. The Morgan fingerprint density at radius 1 is 0.319 bits per heavy atom. The van der Waals surface area contributed by atoms with Crippen LogP contribution in [0.4, 0.5) is 0 Å². The van der Waals surface area contributed by atoms with Crippen molar-refractivity contribution < 1.29 is 4.42 Å². The zero-order valence-corrected chi connectivity index (χ0v) is 25.6. The monoisotopic (exact) mass is 596 g/mol. The summed E-state index contributed by atoms with van der Waals surface area (Å²) in [6, 6.07) is 61.5. The van der Waals surface area contributed by atoms with E-state index < -0.39 is 0 Å². The molecule has 0 spiro atoms. The smallest absolute Gasteiger partial charge is 0.143 e. The van der Waals surface area contributed by atoms with Crippen LogP contribution in [0.25, 0.3) is 98.4 Å². The van der Waals surface area contributed by atoms with Gasteiger partial charge in [0.2, 0.25) is 0 Å². The number of rotatable bonds is 3. The van der Waals surface area contributed by atoms with Gasteiger partial charge in [-0.2, -0.15) is 0 Å². The van der Waals surface area contributed by atoms with Crippen LogP contribution in [0.2, 0.25) is 0 Å². The fourth-order valence-electron chi connectivity index (χ4n) is 7.78. The van der Waals surface area contributed by atoms with Gasteiger partial charge in [-0.05, 0) is 89.3 Å². The Kier molecular flexibility index (Phi) is 5.64. The standard InChI is InChI=1S/C46H28O/c1-2-13-29(14-3-1)32-27-41(45-40-26-25-31-16-5-7-19-34(31)46(40)47-42(45)28-32)44-38-22-10-8-20-36(38)43(37-21-9-11-23-39(37)44)35-24-12-17-30-15-4-6-18-33(30)35/h1-28H. The highest BCUT2D eigenvalue weighted by Crippen LogP contribution is 2.49. The van der Waals surface area contributed by atoms with E-state index in [2.05, 4.69) is 170 Å². The van der Waals surface area contributed by atoms with Crippen molar-refractivity contribution in [1.82, 2.24) is 0 Å². The molecule has 0 amide bonds. The zero-order chi connectivity index (χ0) is 30.9. The van der Waals surface area contributed by atoms with Gasteiger partial charge < -0.3 is 4.42 Å². The molecule has 0 saturated heterocycles. The van der Waals surface area contributed by atoms with Gasteiger partial charge in [-0.25, -0.2) is 0 Å². The predicted molar refractivity (Wildman–Crippen MR) is 200 cm³/mol. The molecule has 1 heteroatoms. The fourth-order valence-corrected chi connectivity index (χ4v) is 7.78. The van der Waals surface area contributed by atoms with Gasteiger partial charge in [0.15, 0.2) is 0 Å². The minimum Gasteiger partial charge on any atom is -0.455 e. The van der Waals surface area contributed by atoms with Gasteiger partial charge in [0, 0.05) is 16.2 Å². The lowest BCUT2D eigenvalue weighted by Crippen LogP contribution is -1.92. The Balaban J connectivity index is 1.40. The topological polar surface area (TPSA) is 13.1 Å². The quantitative estimate of drug-likeness (QED) is 0.185. The molecule has 0 fully saturated rings. The maximum atomic E-state index is 6.86. The van der Waals surface area contributed by atoms with Crippen LogP contribution in [0, 0.1) is 0 Å². The number of fused-ring (bicyclic) bond motifs is 8. The maximum Gasteiger partial charge on any atom is 0.143 e. The molecule has 1 aromatic heterocycles. The third kappa shape index (κ3) is 3.90. The third-order valence-corrected chi connectivity index (χ3v) is 9.83. The van der Waals surface area contributed by atoms with Crippen molar-refractivity contribution in [3.8, 4) is 33.4 Å². The van der Waals surface area contributed by atoms with Gasteiger partial charge >= 0.3 is 0 Å². The first-order valence-electron chi connectivity index (χ1n) is 16.2. The molecule has 0 aliphatic rings. The van der Waals surface area contributed by atoms with E-state index in [0.717, 1.165) is 32.9 Å². The highest BCUT2D eigenvalue weighted by atomic mass is 16.3. The molecule has 9 aromatic carbocycles. The second-order valence-electron chi connectivity index (χ2n) is 12.4. The average molecular weight is 597 g/mol. The lowest BCUT2D eigenvalue weighted by atomic mass is 9.83. The molecule has 0 saturated carbocycles. The second-order valence-corrected chi connectivity index (χ2v) is 12.4. The van der Waals surface area contributed by atoms with Gasteiger partial charge in [0.1, 0.15) is 11.2 Å². The summed E-state index contributed by atoms with van der Waals surface area (Å²) in [7, 11) is 0. The van der Waals surface area contributed by atoms with Crippen molar-refractivity contribution in [3.63, 3.8) is 0 Å². The van der Waals surface area contributed by atoms with E-state index in [1.807, 2.05) is 0 Å². The minimum atomic E-state index is 0.902. The summed E-state index contributed by atoms with van der Waals surface area (Å²) in [5.74, 6) is 0. The molecule has 0 aliphatic carbocycles. The van der Waals surface area contributed by atoms with Gasteiger partial charge in [-0.15, -0.1) is 0 Å². The Hall–Kier alpha value is -6.18. The molecule has 0 unspecified atom stereocenters. The SMILES string of the molecule is c1ccc(-c2cc(-c3c4ccccc4c(-c4cccc5ccccc45)c4ccccc34)c3c(c2)oc2c4ccccc4ccc23)cc1. The van der Waals surface area contributed by atoms with Gasteiger partial charge in [0.25, 0.3) is 0 Å². The van der Waals surface area contributed by atoms with Crippen LogP contribution in [0.3, 0.4) is 0 Å². The number of hydrogen-bond acceptors (Lipinski definition) is 1. The van der Waals surface area contributed by atoms with Crippen LogP contribution < -0.4 is 0 Å². The van der Waals surface area contributed by atoms with Crippen molar-refractivity contribution in [2.24, 2.45) is 0 Å². The molecule has 10 rings (SSSR count). The summed E-state index contributed by atoms with van der Waals surface area (Å²) in [5, 5.41) is 12.1. The highest BCUT2D eigenvalue weighted by Gasteiger charge is 2.22. The normalized spacial score (nSPS) is 11.8. The Labute approximate surface area is 271 Å². The van der Waals surface area contributed by atoms with Crippen LogP contribution >= 0.6 is 0 Å². The molecule has 10 aromatic rings. The van der Waals surface area contributed by atoms with Gasteiger partial charge in [-0.1, -0.05) is 152 Å². The predicted octanol–water partition coefficient (Wildman–Crippen LogP) is 13.2. The molecule has 0 N–H and O–H groups in total. The second kappa shape index (κ2) is 10.2. The summed E-state index contributed by atoms with van der Waals surface area (Å²) in [4.78, 5) is 0. The van der Waals surface area contributed by atoms with Crippen LogP contribution in [-0.4, -0.2) is 0 Å². The largest absolute Gasteiger partial charge is 0.455 e. The van der Waals surface area contributed by atoms with Gasteiger partial charge in [-0.3, -0.25) is 0 Å². The van der Waals surface area contributed by atoms with Gasteiger partial charge in [0.05, 0.1) is 0 Å². The summed E-state index contributed by atoms with van der Waals surface area (Å²) in [5.41, 5.74) is 9.10. The molecule has 0 aliphatic heterocycles. The minimum absolute atomic E-state index is 0.902. The molecule has 0 atom stereocenters. The molecule has 0 radical (unpaired) electrons. The number of benzene rings is 9. The fraction of sp³-hybridized carbons (Fsp3) is 0. The maximum absolute atomic E-state index is 6.86. The van der Waals surface area contributed by atoms with Crippen LogP contribution in [0.15, 0.2) is 174 Å². The van der Waals surface area contributed by atoms with Crippen molar-refractivity contribution in [3.05, 3.63) is 170 Å². The molecule has 1 nitrogen and oxygen atoms in total. The Morgan fingerprint density at radius 3 is 1.53 bits per heavy atom. The van der Waals surface area contributed by atoms with Crippen LogP contribution in [0.1, 0.15) is 0 Å². The van der Waals surface area contributed by atoms with E-state index in [0.29, 0.717) is 0 Å². The van der Waals surface area contributed by atoms with E-state index in [-0.39, 0.29) is 0 Å². The number of hydrogen-bond donors (Lipinski definition) is 0. The highest BCUT2D eigenvalue weighted by molar-refractivity contribution is 6.28. The molecular formula is C46H28O. The first-order valence-corrected chi connectivity index (χ1v) is 16.2. The lowest BCUT2D eigenvalue weighted by Gasteiger charge is -2.19. The van der Waals surface area contributed by atoms with Crippen molar-refractivity contribution in [2.45, 2.75) is 0 Å². The van der Waals surface area contributed by atoms with E-state index in [4.69, 9.17) is 4.42 Å². The van der Waals surface area contributed by atoms with Crippen LogP contribution in [0.5, 0.6) is 0 Å². The summed E-state index contributed by atoms with van der Waals surface area (Å²) in [6.45, 7) is 0. The summed E-state index contributed by atoms with van der Waals surface area (Å²) >= 11 is 0. The molecule has 218 valence electrons. The first kappa shape index (κ1) is 26.1. The number of furan rings is 1. The van der Waals surface area contributed by atoms with Crippen molar-refractivity contribution in [2.75, 3.05) is 0 Å². The van der Waals surface area contributed by atoms with E-state index >= 15 is 0 Å². The van der Waals surface area contributed by atoms with E-state index in [1.54, 1.807) is 0 Å². The molecule has 0 bridgehead atoms. The third-order valence-electron chi connectivity index (χ3n) is 9.83. The van der Waals surface area contributed by atoms with E-state index in [9.17, 15) is 0 Å². The zero-order valence-electron chi connectivity index (χ0n) is 25.6. The molecule has 1 heterocycles.